The highest BCUT2D eigenvalue weighted by Crippen LogP contribution is 2.78. The summed E-state index contributed by atoms with van der Waals surface area (Å²) in [6.07, 6.45) is 8.35. The van der Waals surface area contributed by atoms with Crippen molar-refractivity contribution >= 4 is 17.7 Å². The van der Waals surface area contributed by atoms with E-state index in [4.69, 9.17) is 14.2 Å². The van der Waals surface area contributed by atoms with Crippen LogP contribution in [0.3, 0.4) is 0 Å². The number of hydrogen-bond acceptors (Lipinski definition) is 9. The summed E-state index contributed by atoms with van der Waals surface area (Å²) < 4.78 is 18.4. The van der Waals surface area contributed by atoms with Crippen LogP contribution in [0.15, 0.2) is 11.6 Å². The minimum Gasteiger partial charge on any atom is -0.462 e. The van der Waals surface area contributed by atoms with Gasteiger partial charge in [0, 0.05) is 17.8 Å². The van der Waals surface area contributed by atoms with Gasteiger partial charge in [0.15, 0.2) is 11.4 Å². The lowest BCUT2D eigenvalue weighted by molar-refractivity contribution is -0.215. The van der Waals surface area contributed by atoms with E-state index in [2.05, 4.69) is 6.92 Å². The van der Waals surface area contributed by atoms with Crippen LogP contribution in [-0.4, -0.2) is 74.8 Å². The van der Waals surface area contributed by atoms with Gasteiger partial charge in [0.2, 0.25) is 0 Å². The number of carbonyl (C=O) groups excluding carboxylic acids is 3. The van der Waals surface area contributed by atoms with Crippen molar-refractivity contribution in [3.05, 3.63) is 11.6 Å². The number of Topliss-reactive ketones (excluding diaryl/α,β-unsaturated/α-hetero) is 1. The molecule has 11 atom stereocenters. The van der Waals surface area contributed by atoms with E-state index in [0.717, 1.165) is 19.3 Å². The lowest BCUT2D eigenvalue weighted by Gasteiger charge is -2.49. The highest BCUT2D eigenvalue weighted by Gasteiger charge is 2.90. The second-order valence-electron chi connectivity index (χ2n) is 16.7. The maximum Gasteiger partial charge on any atom is 0.309 e. The molecule has 0 aromatic rings. The zero-order valence-electron chi connectivity index (χ0n) is 30.0. The van der Waals surface area contributed by atoms with Crippen LogP contribution in [0.4, 0.5) is 0 Å². The number of unbranched alkanes of at least 4 members (excludes halogenated alkanes) is 8. The second-order valence-corrected chi connectivity index (χ2v) is 16.7. The van der Waals surface area contributed by atoms with Gasteiger partial charge in [-0.15, -0.1) is 0 Å². The molecular formula is C38H60O9. The molecule has 0 radical (unpaired) electrons. The summed E-state index contributed by atoms with van der Waals surface area (Å²) in [4.78, 5) is 41.4. The Hall–Kier alpha value is -1.81. The summed E-state index contributed by atoms with van der Waals surface area (Å²) in [5, 5.41) is 36.1. The van der Waals surface area contributed by atoms with E-state index < -0.39 is 75.6 Å². The number of aliphatic hydroxyl groups is 3. The van der Waals surface area contributed by atoms with Gasteiger partial charge in [0.25, 0.3) is 0 Å². The lowest BCUT2D eigenvalue weighted by Crippen LogP contribution is -2.68. The van der Waals surface area contributed by atoms with E-state index in [9.17, 15) is 29.7 Å². The van der Waals surface area contributed by atoms with Crippen molar-refractivity contribution in [2.45, 2.75) is 161 Å². The van der Waals surface area contributed by atoms with Gasteiger partial charge >= 0.3 is 11.9 Å². The molecule has 2 bridgehead atoms. The molecule has 3 saturated carbocycles. The molecule has 5 aliphatic rings. The predicted molar refractivity (Wildman–Crippen MR) is 176 cm³/mol. The number of carbonyl (C=O) groups is 3. The highest BCUT2D eigenvalue weighted by molar-refractivity contribution is 5.95. The molecule has 9 nitrogen and oxygen atoms in total. The molecule has 0 amide bonds. The summed E-state index contributed by atoms with van der Waals surface area (Å²) in [5.41, 5.74) is -6.73. The van der Waals surface area contributed by atoms with Crippen LogP contribution < -0.4 is 0 Å². The molecule has 9 heteroatoms. The van der Waals surface area contributed by atoms with Gasteiger partial charge in [0.1, 0.15) is 36.1 Å². The molecule has 1 saturated heterocycles. The molecule has 0 aromatic carbocycles. The normalized spacial score (nSPS) is 41.5. The Balaban J connectivity index is 1.39. The Labute approximate surface area is 281 Å². The number of ether oxygens (including phenoxy) is 3. The van der Waals surface area contributed by atoms with Gasteiger partial charge in [-0.2, -0.15) is 0 Å². The van der Waals surface area contributed by atoms with Crippen molar-refractivity contribution < 1.29 is 43.9 Å². The summed E-state index contributed by atoms with van der Waals surface area (Å²) in [6, 6.07) is 0. The minimum atomic E-state index is -2.32. The van der Waals surface area contributed by atoms with E-state index in [1.807, 2.05) is 34.6 Å². The molecule has 0 aromatic heterocycles. The van der Waals surface area contributed by atoms with Crippen LogP contribution >= 0.6 is 0 Å². The Bertz CT molecular complexity index is 1260. The third-order valence-corrected chi connectivity index (χ3v) is 13.3. The van der Waals surface area contributed by atoms with Gasteiger partial charge in [-0.25, -0.2) is 0 Å². The van der Waals surface area contributed by atoms with E-state index in [1.54, 1.807) is 19.9 Å². The topological polar surface area (TPSA) is 143 Å². The quantitative estimate of drug-likeness (QED) is 0.0904. The van der Waals surface area contributed by atoms with Crippen molar-refractivity contribution in [1.29, 1.82) is 0 Å². The van der Waals surface area contributed by atoms with Crippen molar-refractivity contribution in [3.8, 4) is 0 Å². The predicted octanol–water partition coefficient (Wildman–Crippen LogP) is 5.46. The van der Waals surface area contributed by atoms with Crippen LogP contribution in [0, 0.1) is 40.4 Å². The fraction of sp³-hybridized carbons (Fsp3) is 0.868. The fourth-order valence-corrected chi connectivity index (χ4v) is 9.92. The molecule has 1 aliphatic heterocycles. The number of fused-ring (bicyclic) bond motifs is 5. The van der Waals surface area contributed by atoms with Crippen LogP contribution in [0.25, 0.3) is 0 Å². The number of aliphatic hydroxyl groups excluding tert-OH is 2. The van der Waals surface area contributed by atoms with Gasteiger partial charge in [0.05, 0.1) is 17.3 Å². The fourth-order valence-electron chi connectivity index (χ4n) is 9.92. The van der Waals surface area contributed by atoms with Crippen LogP contribution in [0.2, 0.25) is 0 Å². The zero-order valence-corrected chi connectivity index (χ0v) is 30.0. The van der Waals surface area contributed by atoms with E-state index >= 15 is 0 Å². The van der Waals surface area contributed by atoms with Crippen LogP contribution in [-0.2, 0) is 28.6 Å². The molecule has 4 fully saturated rings. The average Bonchev–Trinajstić information content (AvgIpc) is 3.84. The minimum absolute atomic E-state index is 0.0224. The van der Waals surface area contributed by atoms with E-state index in [-0.39, 0.29) is 24.3 Å². The van der Waals surface area contributed by atoms with Gasteiger partial charge in [-0.1, -0.05) is 106 Å². The first-order chi connectivity index (χ1) is 22.0. The first-order valence-corrected chi connectivity index (χ1v) is 18.4. The van der Waals surface area contributed by atoms with Gasteiger partial charge in [-0.3, -0.25) is 14.4 Å². The van der Waals surface area contributed by atoms with E-state index in [0.29, 0.717) is 18.4 Å². The van der Waals surface area contributed by atoms with Crippen molar-refractivity contribution in [1.82, 2.24) is 0 Å². The Kier molecular flexibility index (Phi) is 9.95. The van der Waals surface area contributed by atoms with E-state index in [1.165, 1.54) is 38.5 Å². The third-order valence-electron chi connectivity index (χ3n) is 13.3. The van der Waals surface area contributed by atoms with Gasteiger partial charge in [-0.05, 0) is 37.2 Å². The first-order valence-electron chi connectivity index (χ1n) is 18.4. The average molecular weight is 661 g/mol. The summed E-state index contributed by atoms with van der Waals surface area (Å²) in [5.74, 6) is -3.34. The summed E-state index contributed by atoms with van der Waals surface area (Å²) in [7, 11) is 0. The monoisotopic (exact) mass is 660 g/mol. The number of ketones is 1. The summed E-state index contributed by atoms with van der Waals surface area (Å²) in [6.45, 7) is 14.9. The largest absolute Gasteiger partial charge is 0.462 e. The zero-order chi connectivity index (χ0) is 34.7. The third kappa shape index (κ3) is 5.36. The molecule has 3 N–H and O–H groups in total. The van der Waals surface area contributed by atoms with Crippen molar-refractivity contribution in [3.63, 3.8) is 0 Å². The van der Waals surface area contributed by atoms with Crippen molar-refractivity contribution in [2.24, 2.45) is 40.4 Å². The second kappa shape index (κ2) is 12.8. The summed E-state index contributed by atoms with van der Waals surface area (Å²) >= 11 is 0. The smallest absolute Gasteiger partial charge is 0.309 e. The highest BCUT2D eigenvalue weighted by atomic mass is 16.7. The standard InChI is InChI=1S/C38H60O9/c1-9-10-11-12-13-14-15-16-17-18-26(39)46-37-20-24(5)35-19-23(4)29(40)38(35,44)33(43)36(21-45-32(42)25(6)22(2)3)31(47-36)27(30(35)41)28(37)34(37,7)8/h19,22,24-25,27-29,31,33,40,43-44H,9-18,20-21H2,1-8H3/t24-,25?,27+,28-,29+,31?,33-,35+,36?,37+,38-/m1/s1. The molecule has 1 spiro atoms. The Morgan fingerprint density at radius 2 is 1.62 bits per heavy atom. The Morgan fingerprint density at radius 3 is 2.21 bits per heavy atom. The molecule has 4 aliphatic carbocycles. The number of esters is 2. The molecule has 3 unspecified atom stereocenters. The number of rotatable bonds is 15. The lowest BCUT2D eigenvalue weighted by atomic mass is 9.58. The molecule has 1 heterocycles. The number of hydrogen-bond donors (Lipinski definition) is 3. The molecular weight excluding hydrogens is 600 g/mol. The molecule has 266 valence electrons. The maximum absolute atomic E-state index is 15.0. The SMILES string of the molecule is CCCCCCCCCCCC(=O)O[C@@]12C[C@@H](C)[C@]34C=C(C)[C@H](O)[C@@]3(O)[C@H](O)C3(COC(=O)C(C)C(C)C)OC3[C@H](C4=O)[C@@H]1C2(C)C. The van der Waals surface area contributed by atoms with Crippen LogP contribution in [0.5, 0.6) is 0 Å². The first kappa shape index (κ1) is 36.5. The molecule has 5 rings (SSSR count). The van der Waals surface area contributed by atoms with Gasteiger partial charge < -0.3 is 29.5 Å². The number of epoxide rings is 1. The Morgan fingerprint density at radius 1 is 1.02 bits per heavy atom. The van der Waals surface area contributed by atoms with Crippen molar-refractivity contribution in [2.75, 3.05) is 6.61 Å². The molecule has 47 heavy (non-hydrogen) atoms. The van der Waals surface area contributed by atoms with Crippen LogP contribution in [0.1, 0.15) is 126 Å². The maximum atomic E-state index is 15.0.